The number of anilines is 1. The van der Waals surface area contributed by atoms with Gasteiger partial charge in [0.15, 0.2) is 0 Å². The van der Waals surface area contributed by atoms with Gasteiger partial charge in [0.05, 0.1) is 38.4 Å². The quantitative estimate of drug-likeness (QED) is 0.294. The predicted molar refractivity (Wildman–Crippen MR) is 153 cm³/mol. The zero-order chi connectivity index (χ0) is 27.6. The number of carbonyl (C=O) groups is 2. The lowest BCUT2D eigenvalue weighted by molar-refractivity contribution is 0.0690. The summed E-state index contributed by atoms with van der Waals surface area (Å²) in [7, 11) is -1.64. The third-order valence-electron chi connectivity index (χ3n) is 7.81. The van der Waals surface area contributed by atoms with Gasteiger partial charge in [-0.3, -0.25) is 9.59 Å². The van der Waals surface area contributed by atoms with E-state index >= 15 is 0 Å². The second-order valence-electron chi connectivity index (χ2n) is 10.4. The van der Waals surface area contributed by atoms with Crippen molar-refractivity contribution in [3.63, 3.8) is 0 Å². The maximum absolute atomic E-state index is 14.7. The van der Waals surface area contributed by atoms with Gasteiger partial charge in [0.25, 0.3) is 11.8 Å². The summed E-state index contributed by atoms with van der Waals surface area (Å²) in [5.74, 6) is -0.404. The van der Waals surface area contributed by atoms with E-state index in [1.165, 1.54) is 16.5 Å². The average molecular weight is 553 g/mol. The molecule has 2 amide bonds. The molecule has 2 heterocycles. The van der Waals surface area contributed by atoms with Crippen LogP contribution >= 0.6 is 0 Å². The van der Waals surface area contributed by atoms with Crippen molar-refractivity contribution >= 4 is 28.3 Å². The Bertz CT molecular complexity index is 1600. The van der Waals surface area contributed by atoms with E-state index in [0.717, 1.165) is 19.3 Å². The molecule has 0 N–H and O–H groups in total. The van der Waals surface area contributed by atoms with Crippen LogP contribution in [-0.2, 0) is 23.8 Å². The Hall–Kier alpha value is -4.10. The summed E-state index contributed by atoms with van der Waals surface area (Å²) < 4.78 is 28.4. The molecule has 4 aromatic rings. The molecule has 5 nitrogen and oxygen atoms in total. The zero-order valence-electron chi connectivity index (χ0n) is 22.0. The van der Waals surface area contributed by atoms with Crippen molar-refractivity contribution in [2.24, 2.45) is 5.92 Å². The number of hydrogen-bond acceptors (Lipinski definition) is 3. The van der Waals surface area contributed by atoms with Crippen LogP contribution < -0.4 is 4.90 Å². The van der Waals surface area contributed by atoms with Crippen LogP contribution in [0.2, 0.25) is 0 Å². The number of amides is 2. The van der Waals surface area contributed by atoms with Crippen LogP contribution in [0.3, 0.4) is 0 Å². The number of carbonyl (C=O) groups excluding carboxylic acids is 2. The van der Waals surface area contributed by atoms with Crippen molar-refractivity contribution < 1.29 is 18.2 Å². The molecule has 0 bridgehead atoms. The SMILES string of the molecule is O=C(c1ccc2c(c1)N(Cc1ccccc1F)C(=O)c1ccccc1[S@@]2=O)N1CCC(Cc2ccccc2)CC1. The highest BCUT2D eigenvalue weighted by atomic mass is 32.2. The summed E-state index contributed by atoms with van der Waals surface area (Å²) in [5, 5.41) is 0. The lowest BCUT2D eigenvalue weighted by atomic mass is 9.90. The first kappa shape index (κ1) is 26.1. The molecule has 0 radical (unpaired) electrons. The van der Waals surface area contributed by atoms with Crippen LogP contribution in [0, 0.1) is 11.7 Å². The first-order chi connectivity index (χ1) is 19.5. The van der Waals surface area contributed by atoms with Crippen LogP contribution in [0.5, 0.6) is 0 Å². The Balaban J connectivity index is 1.30. The summed E-state index contributed by atoms with van der Waals surface area (Å²) in [5.41, 5.74) is 2.75. The van der Waals surface area contributed by atoms with Crippen LogP contribution in [0.4, 0.5) is 10.1 Å². The number of piperidine rings is 1. The van der Waals surface area contributed by atoms with Gasteiger partial charge in [-0.2, -0.15) is 0 Å². The largest absolute Gasteiger partial charge is 0.339 e. The highest BCUT2D eigenvalue weighted by Gasteiger charge is 2.33. The van der Waals surface area contributed by atoms with E-state index in [1.54, 1.807) is 60.7 Å². The Morgan fingerprint density at radius 1 is 0.850 bits per heavy atom. The van der Waals surface area contributed by atoms with Gasteiger partial charge in [-0.1, -0.05) is 60.7 Å². The van der Waals surface area contributed by atoms with E-state index in [1.807, 2.05) is 11.0 Å². The first-order valence-corrected chi connectivity index (χ1v) is 14.7. The third-order valence-corrected chi connectivity index (χ3v) is 9.31. The Labute approximate surface area is 235 Å². The number of hydrogen-bond donors (Lipinski definition) is 0. The molecule has 1 atom stereocenters. The number of benzene rings is 4. The van der Waals surface area contributed by atoms with Crippen molar-refractivity contribution in [1.29, 1.82) is 0 Å². The molecule has 0 aliphatic carbocycles. The van der Waals surface area contributed by atoms with E-state index in [0.29, 0.717) is 51.2 Å². The summed E-state index contributed by atoms with van der Waals surface area (Å²) in [6.45, 7) is 1.26. The number of halogens is 1. The number of nitrogens with zero attached hydrogens (tertiary/aromatic N) is 2. The van der Waals surface area contributed by atoms with Gasteiger partial charge in [-0.05, 0) is 67.1 Å². The van der Waals surface area contributed by atoms with Crippen molar-refractivity contribution in [2.75, 3.05) is 18.0 Å². The topological polar surface area (TPSA) is 57.7 Å². The standard InChI is InChI=1S/C33H29FN2O3S/c34-28-12-6-4-10-26(28)22-36-29-21-25(14-15-31(29)40(39)30-13-7-5-11-27(30)33(36)38)32(37)35-18-16-24(17-19-35)20-23-8-2-1-3-9-23/h1-15,21,24H,16-20,22H2/t40-/m0/s1. The van der Waals surface area contributed by atoms with Gasteiger partial charge in [-0.15, -0.1) is 0 Å². The van der Waals surface area contributed by atoms with E-state index < -0.39 is 16.6 Å². The van der Waals surface area contributed by atoms with Crippen LogP contribution in [-0.4, -0.2) is 34.0 Å². The molecule has 2 aliphatic rings. The van der Waals surface area contributed by atoms with E-state index in [9.17, 15) is 18.2 Å². The van der Waals surface area contributed by atoms with Gasteiger partial charge >= 0.3 is 0 Å². The molecule has 40 heavy (non-hydrogen) atoms. The molecular weight excluding hydrogens is 523 g/mol. The Morgan fingerprint density at radius 3 is 2.33 bits per heavy atom. The lowest BCUT2D eigenvalue weighted by Gasteiger charge is -2.32. The average Bonchev–Trinajstić information content (AvgIpc) is 3.08. The number of rotatable bonds is 5. The molecule has 0 aromatic heterocycles. The molecule has 6 rings (SSSR count). The third kappa shape index (κ3) is 5.09. The zero-order valence-corrected chi connectivity index (χ0v) is 22.8. The highest BCUT2D eigenvalue weighted by molar-refractivity contribution is 7.85. The number of likely N-dealkylation sites (tertiary alicyclic amines) is 1. The van der Waals surface area contributed by atoms with Crippen LogP contribution in [0.1, 0.15) is 44.7 Å². The molecule has 1 saturated heterocycles. The first-order valence-electron chi connectivity index (χ1n) is 13.5. The van der Waals surface area contributed by atoms with Crippen molar-refractivity contribution in [3.05, 3.63) is 125 Å². The molecule has 4 aromatic carbocycles. The lowest BCUT2D eigenvalue weighted by Crippen LogP contribution is -2.39. The summed E-state index contributed by atoms with van der Waals surface area (Å²) in [4.78, 5) is 31.6. The molecule has 0 spiro atoms. The Morgan fingerprint density at radius 2 is 1.55 bits per heavy atom. The maximum atomic E-state index is 14.7. The minimum atomic E-state index is -1.64. The van der Waals surface area contributed by atoms with E-state index in [2.05, 4.69) is 24.3 Å². The molecular formula is C33H29FN2O3S. The van der Waals surface area contributed by atoms with E-state index in [-0.39, 0.29) is 18.4 Å². The molecule has 0 saturated carbocycles. The minimum Gasteiger partial charge on any atom is -0.339 e. The van der Waals surface area contributed by atoms with Gasteiger partial charge in [-0.25, -0.2) is 8.60 Å². The fourth-order valence-electron chi connectivity index (χ4n) is 5.62. The van der Waals surface area contributed by atoms with Gasteiger partial charge in [0.2, 0.25) is 0 Å². The fraction of sp³-hybridized carbons (Fsp3) is 0.212. The van der Waals surface area contributed by atoms with Crippen LogP contribution in [0.25, 0.3) is 0 Å². The molecule has 7 heteroatoms. The second kappa shape index (κ2) is 11.2. The number of fused-ring (bicyclic) bond motifs is 2. The highest BCUT2D eigenvalue weighted by Crippen LogP contribution is 2.37. The van der Waals surface area contributed by atoms with Crippen molar-refractivity contribution in [3.8, 4) is 0 Å². The summed E-state index contributed by atoms with van der Waals surface area (Å²) in [6, 6.07) is 28.5. The molecule has 0 unspecified atom stereocenters. The normalized spacial score (nSPS) is 17.2. The summed E-state index contributed by atoms with van der Waals surface area (Å²) >= 11 is 0. The van der Waals surface area contributed by atoms with E-state index in [4.69, 9.17) is 0 Å². The van der Waals surface area contributed by atoms with Gasteiger partial charge in [0.1, 0.15) is 5.82 Å². The molecule has 202 valence electrons. The van der Waals surface area contributed by atoms with Crippen molar-refractivity contribution in [1.82, 2.24) is 4.90 Å². The van der Waals surface area contributed by atoms with Crippen LogP contribution in [0.15, 0.2) is 107 Å². The maximum Gasteiger partial charge on any atom is 0.259 e. The molecule has 1 fully saturated rings. The molecule has 2 aliphatic heterocycles. The summed E-state index contributed by atoms with van der Waals surface area (Å²) in [6.07, 6.45) is 2.84. The fourth-order valence-corrected chi connectivity index (χ4v) is 6.97. The smallest absolute Gasteiger partial charge is 0.259 e. The second-order valence-corrected chi connectivity index (χ2v) is 11.8. The Kier molecular flexibility index (Phi) is 7.30. The predicted octanol–water partition coefficient (Wildman–Crippen LogP) is 6.25. The van der Waals surface area contributed by atoms with Crippen molar-refractivity contribution in [2.45, 2.75) is 35.6 Å². The van der Waals surface area contributed by atoms with Gasteiger partial charge < -0.3 is 9.80 Å². The van der Waals surface area contributed by atoms with Gasteiger partial charge in [0, 0.05) is 24.2 Å². The monoisotopic (exact) mass is 552 g/mol. The minimum absolute atomic E-state index is 0.0490.